The van der Waals surface area contributed by atoms with Gasteiger partial charge in [0.2, 0.25) is 0 Å². The summed E-state index contributed by atoms with van der Waals surface area (Å²) in [5.41, 5.74) is 0. The molecule has 16 heavy (non-hydrogen) atoms. The molecule has 1 saturated carbocycles. The van der Waals surface area contributed by atoms with Crippen LogP contribution in [0.15, 0.2) is 15.9 Å². The van der Waals surface area contributed by atoms with Gasteiger partial charge in [0, 0.05) is 9.35 Å². The summed E-state index contributed by atoms with van der Waals surface area (Å²) >= 11 is 5.53. The van der Waals surface area contributed by atoms with Gasteiger partial charge in [0.1, 0.15) is 0 Å². The molecule has 0 radical (unpaired) electrons. The molecule has 0 aliphatic heterocycles. The lowest BCUT2D eigenvalue weighted by molar-refractivity contribution is 0.329. The molecule has 3 heteroatoms. The summed E-state index contributed by atoms with van der Waals surface area (Å²) in [6.45, 7) is 1.16. The second kappa shape index (κ2) is 6.18. The molecule has 2 rings (SSSR count). The lowest BCUT2D eigenvalue weighted by Crippen LogP contribution is -2.26. The van der Waals surface area contributed by atoms with Crippen LogP contribution < -0.4 is 5.32 Å². The Morgan fingerprint density at radius 1 is 1.50 bits per heavy atom. The van der Waals surface area contributed by atoms with Crippen molar-refractivity contribution in [3.05, 3.63) is 20.8 Å². The summed E-state index contributed by atoms with van der Waals surface area (Å²) in [5.74, 6) is 1.77. The highest BCUT2D eigenvalue weighted by Crippen LogP contribution is 2.35. The molecular formula is C13H20BrNS. The lowest BCUT2D eigenvalue weighted by Gasteiger charge is -2.22. The fraction of sp³-hybridized carbons (Fsp3) is 0.692. The number of halogens is 1. The molecule has 1 unspecified atom stereocenters. The van der Waals surface area contributed by atoms with Crippen LogP contribution in [0.4, 0.5) is 0 Å². The Kier molecular flexibility index (Phi) is 4.86. The first kappa shape index (κ1) is 12.6. The van der Waals surface area contributed by atoms with Crippen LogP contribution in [0.2, 0.25) is 0 Å². The first-order valence-corrected chi connectivity index (χ1v) is 7.85. The van der Waals surface area contributed by atoms with Crippen molar-refractivity contribution in [2.75, 3.05) is 13.6 Å². The summed E-state index contributed by atoms with van der Waals surface area (Å²) in [5, 5.41) is 5.55. The number of thiophene rings is 1. The highest BCUT2D eigenvalue weighted by Gasteiger charge is 2.25. The Balaban J connectivity index is 1.99. The van der Waals surface area contributed by atoms with Gasteiger partial charge in [-0.3, -0.25) is 0 Å². The number of hydrogen-bond donors (Lipinski definition) is 1. The fourth-order valence-corrected chi connectivity index (χ4v) is 4.41. The topological polar surface area (TPSA) is 12.0 Å². The van der Waals surface area contributed by atoms with Gasteiger partial charge < -0.3 is 5.32 Å². The van der Waals surface area contributed by atoms with Crippen molar-refractivity contribution in [3.63, 3.8) is 0 Å². The molecule has 0 saturated heterocycles. The maximum absolute atomic E-state index is 3.64. The van der Waals surface area contributed by atoms with E-state index in [4.69, 9.17) is 0 Å². The fourth-order valence-electron chi connectivity index (χ4n) is 2.81. The Morgan fingerprint density at radius 2 is 2.25 bits per heavy atom. The van der Waals surface area contributed by atoms with Crippen molar-refractivity contribution in [1.29, 1.82) is 0 Å². The third-order valence-electron chi connectivity index (χ3n) is 3.67. The Labute approximate surface area is 111 Å². The quantitative estimate of drug-likeness (QED) is 0.864. The molecule has 1 aromatic rings. The molecule has 1 atom stereocenters. The largest absolute Gasteiger partial charge is 0.319 e. The second-order valence-corrected chi connectivity index (χ2v) is 6.61. The predicted molar refractivity (Wildman–Crippen MR) is 75.1 cm³/mol. The maximum atomic E-state index is 3.64. The van der Waals surface area contributed by atoms with Crippen LogP contribution in [0.25, 0.3) is 0 Å². The lowest BCUT2D eigenvalue weighted by atomic mass is 9.87. The smallest absolute Gasteiger partial charge is 0.0314 e. The summed E-state index contributed by atoms with van der Waals surface area (Å²) in [4.78, 5) is 1.52. The van der Waals surface area contributed by atoms with E-state index in [1.807, 2.05) is 11.3 Å². The molecule has 0 amide bonds. The van der Waals surface area contributed by atoms with E-state index in [1.54, 1.807) is 0 Å². The molecule has 0 bridgehead atoms. The van der Waals surface area contributed by atoms with E-state index < -0.39 is 0 Å². The van der Waals surface area contributed by atoms with E-state index in [0.29, 0.717) is 0 Å². The highest BCUT2D eigenvalue weighted by atomic mass is 79.9. The minimum absolute atomic E-state index is 0.822. The Hall–Kier alpha value is 0.140. The summed E-state index contributed by atoms with van der Waals surface area (Å²) in [6, 6.07) is 2.17. The van der Waals surface area contributed by atoms with Gasteiger partial charge in [0.15, 0.2) is 0 Å². The molecule has 1 aliphatic rings. The van der Waals surface area contributed by atoms with Gasteiger partial charge in [-0.05, 0) is 59.2 Å². The maximum Gasteiger partial charge on any atom is 0.0314 e. The molecule has 1 heterocycles. The molecule has 90 valence electrons. The van der Waals surface area contributed by atoms with Crippen molar-refractivity contribution >= 4 is 27.3 Å². The number of nitrogens with one attached hydrogen (secondary N) is 1. The van der Waals surface area contributed by atoms with Crippen molar-refractivity contribution in [1.82, 2.24) is 5.32 Å². The Morgan fingerprint density at radius 3 is 2.81 bits per heavy atom. The molecular weight excluding hydrogens is 282 g/mol. The zero-order valence-electron chi connectivity index (χ0n) is 9.84. The third kappa shape index (κ3) is 3.08. The zero-order chi connectivity index (χ0) is 11.4. The first-order valence-electron chi connectivity index (χ1n) is 6.17. The Bertz CT molecular complexity index is 317. The highest BCUT2D eigenvalue weighted by molar-refractivity contribution is 9.10. The number of hydrogen-bond acceptors (Lipinski definition) is 2. The standard InChI is InChI=1S/C13H20BrNS/c1-15-9-11(10-4-2-3-5-10)8-13-12(14)6-7-16-13/h6-7,10-11,15H,2-5,8-9H2,1H3. The van der Waals surface area contributed by atoms with E-state index in [-0.39, 0.29) is 0 Å². The van der Waals surface area contributed by atoms with Crippen LogP contribution >= 0.6 is 27.3 Å². The van der Waals surface area contributed by atoms with Gasteiger partial charge in [-0.15, -0.1) is 11.3 Å². The summed E-state index contributed by atoms with van der Waals surface area (Å²) in [7, 11) is 2.07. The van der Waals surface area contributed by atoms with Gasteiger partial charge in [-0.25, -0.2) is 0 Å². The SMILES string of the molecule is CNCC(Cc1sccc1Br)C1CCCC1. The van der Waals surface area contributed by atoms with E-state index in [2.05, 4.69) is 39.7 Å². The van der Waals surface area contributed by atoms with E-state index in [0.717, 1.165) is 18.4 Å². The van der Waals surface area contributed by atoms with E-state index >= 15 is 0 Å². The van der Waals surface area contributed by atoms with Gasteiger partial charge >= 0.3 is 0 Å². The third-order valence-corrected chi connectivity index (χ3v) is 5.62. The first-order chi connectivity index (χ1) is 7.81. The van der Waals surface area contributed by atoms with Gasteiger partial charge in [-0.1, -0.05) is 25.7 Å². The van der Waals surface area contributed by atoms with Crippen LogP contribution in [0.3, 0.4) is 0 Å². The van der Waals surface area contributed by atoms with Crippen LogP contribution in [0, 0.1) is 11.8 Å². The molecule has 0 spiro atoms. The van der Waals surface area contributed by atoms with Gasteiger partial charge in [-0.2, -0.15) is 0 Å². The van der Waals surface area contributed by atoms with E-state index in [1.165, 1.54) is 41.5 Å². The summed E-state index contributed by atoms with van der Waals surface area (Å²) < 4.78 is 1.30. The average molecular weight is 302 g/mol. The predicted octanol–water partition coefficient (Wildman–Crippen LogP) is 4.08. The van der Waals surface area contributed by atoms with Crippen molar-refractivity contribution < 1.29 is 0 Å². The van der Waals surface area contributed by atoms with Crippen molar-refractivity contribution in [3.8, 4) is 0 Å². The molecule has 1 N–H and O–H groups in total. The minimum Gasteiger partial charge on any atom is -0.319 e. The van der Waals surface area contributed by atoms with Crippen molar-refractivity contribution in [2.45, 2.75) is 32.1 Å². The van der Waals surface area contributed by atoms with Gasteiger partial charge in [0.05, 0.1) is 0 Å². The van der Waals surface area contributed by atoms with Crippen molar-refractivity contribution in [2.24, 2.45) is 11.8 Å². The molecule has 1 aliphatic carbocycles. The molecule has 1 nitrogen and oxygen atoms in total. The summed E-state index contributed by atoms with van der Waals surface area (Å²) in [6.07, 6.45) is 7.00. The molecule has 1 fully saturated rings. The zero-order valence-corrected chi connectivity index (χ0v) is 12.2. The second-order valence-electron chi connectivity index (χ2n) is 4.76. The van der Waals surface area contributed by atoms with E-state index in [9.17, 15) is 0 Å². The van der Waals surface area contributed by atoms with Crippen LogP contribution in [-0.2, 0) is 6.42 Å². The average Bonchev–Trinajstić information content (AvgIpc) is 2.90. The molecule has 1 aromatic heterocycles. The van der Waals surface area contributed by atoms with Gasteiger partial charge in [0.25, 0.3) is 0 Å². The van der Waals surface area contributed by atoms with Crippen LogP contribution in [0.1, 0.15) is 30.6 Å². The van der Waals surface area contributed by atoms with Crippen LogP contribution in [-0.4, -0.2) is 13.6 Å². The normalized spacial score (nSPS) is 19.1. The number of rotatable bonds is 5. The molecule has 0 aromatic carbocycles. The minimum atomic E-state index is 0.822. The van der Waals surface area contributed by atoms with Crippen LogP contribution in [0.5, 0.6) is 0 Å². The monoisotopic (exact) mass is 301 g/mol.